The van der Waals surface area contributed by atoms with E-state index in [1.807, 2.05) is 6.92 Å². The second-order valence-corrected chi connectivity index (χ2v) is 8.19. The molecule has 4 heterocycles. The number of nitrogen functional groups attached to an aromatic ring is 1. The molecule has 33 heavy (non-hydrogen) atoms. The molecule has 1 saturated heterocycles. The average Bonchev–Trinajstić information content (AvgIpc) is 2.82. The molecule has 2 aliphatic rings. The number of rotatable bonds is 3. The highest BCUT2D eigenvalue weighted by atomic mass is 19.1. The molecule has 0 spiro atoms. The maximum Gasteiger partial charge on any atom is 0.413 e. The molecular formula is C23H25FN6O3. The van der Waals surface area contributed by atoms with Gasteiger partial charge in [-0.05, 0) is 49.4 Å². The van der Waals surface area contributed by atoms with E-state index in [-0.39, 0.29) is 11.8 Å². The van der Waals surface area contributed by atoms with E-state index in [9.17, 15) is 4.79 Å². The zero-order valence-corrected chi connectivity index (χ0v) is 18.2. The van der Waals surface area contributed by atoms with E-state index in [0.29, 0.717) is 53.3 Å². The number of hydrogen-bond acceptors (Lipinski definition) is 8. The summed E-state index contributed by atoms with van der Waals surface area (Å²) in [5.41, 5.74) is 8.59. The van der Waals surface area contributed by atoms with E-state index in [0.717, 1.165) is 30.6 Å². The van der Waals surface area contributed by atoms with E-state index >= 15 is 4.39 Å². The van der Waals surface area contributed by atoms with Crippen LogP contribution in [0.15, 0.2) is 24.5 Å². The number of aromatic nitrogens is 2. The summed E-state index contributed by atoms with van der Waals surface area (Å²) in [5.74, 6) is 0.249. The molecule has 0 radical (unpaired) electrons. The molecule has 0 saturated carbocycles. The Hall–Kier alpha value is -3.66. The number of carbonyl (C=O) groups is 1. The maximum atomic E-state index is 15.3. The van der Waals surface area contributed by atoms with Crippen LogP contribution in [-0.2, 0) is 4.74 Å². The van der Waals surface area contributed by atoms with Crippen molar-refractivity contribution >= 4 is 34.1 Å². The number of amides is 1. The lowest BCUT2D eigenvalue weighted by Gasteiger charge is -2.23. The Morgan fingerprint density at radius 2 is 2.15 bits per heavy atom. The van der Waals surface area contributed by atoms with Gasteiger partial charge >= 0.3 is 6.09 Å². The minimum absolute atomic E-state index is 0.0151. The number of benzene rings is 1. The van der Waals surface area contributed by atoms with Gasteiger partial charge in [0.1, 0.15) is 24.2 Å². The molecule has 0 bridgehead atoms. The van der Waals surface area contributed by atoms with Gasteiger partial charge in [-0.3, -0.25) is 5.32 Å². The molecule has 9 nitrogen and oxygen atoms in total. The van der Waals surface area contributed by atoms with Crippen molar-refractivity contribution in [1.29, 1.82) is 0 Å². The standard InChI is InChI=1S/C23H25FN6O3/c1-12-16(10-29-22-21(12)27-5-6-32-22)15-7-13-8-18(28-11-17(13)20(25)19(15)24)30-23(31)33-14-3-2-4-26-9-14/h7-8,10-11,14,26-27H,2-6,9,25H2,1H3,(H,28,30,31)/t14-/m1/s1. The van der Waals surface area contributed by atoms with Crippen molar-refractivity contribution in [3.05, 3.63) is 35.9 Å². The van der Waals surface area contributed by atoms with Crippen LogP contribution in [0.25, 0.3) is 21.9 Å². The largest absolute Gasteiger partial charge is 0.474 e. The summed E-state index contributed by atoms with van der Waals surface area (Å²) in [5, 5.41) is 10.2. The molecule has 1 aromatic carbocycles. The van der Waals surface area contributed by atoms with Crippen LogP contribution < -0.4 is 26.4 Å². The van der Waals surface area contributed by atoms with E-state index in [1.54, 1.807) is 18.3 Å². The van der Waals surface area contributed by atoms with Gasteiger partial charge in [-0.2, -0.15) is 0 Å². The summed E-state index contributed by atoms with van der Waals surface area (Å²) in [6.07, 6.45) is 4.06. The number of hydrogen-bond donors (Lipinski definition) is 4. The molecule has 2 aliphatic heterocycles. The summed E-state index contributed by atoms with van der Waals surface area (Å²) < 4.78 is 26.3. The normalized spacial score (nSPS) is 17.6. The Morgan fingerprint density at radius 3 is 2.97 bits per heavy atom. The van der Waals surface area contributed by atoms with Crippen molar-refractivity contribution < 1.29 is 18.7 Å². The highest BCUT2D eigenvalue weighted by molar-refractivity contribution is 5.99. The van der Waals surface area contributed by atoms with Crippen molar-refractivity contribution in [1.82, 2.24) is 15.3 Å². The molecule has 3 aromatic rings. The Kier molecular flexibility index (Phi) is 5.59. The Balaban J connectivity index is 1.47. The van der Waals surface area contributed by atoms with Crippen LogP contribution in [0.3, 0.4) is 0 Å². The first-order chi connectivity index (χ1) is 16.0. The van der Waals surface area contributed by atoms with Crippen molar-refractivity contribution in [2.24, 2.45) is 0 Å². The summed E-state index contributed by atoms with van der Waals surface area (Å²) in [7, 11) is 0. The fourth-order valence-corrected chi connectivity index (χ4v) is 4.26. The van der Waals surface area contributed by atoms with Crippen molar-refractivity contribution in [2.45, 2.75) is 25.9 Å². The fourth-order valence-electron chi connectivity index (χ4n) is 4.26. The van der Waals surface area contributed by atoms with Gasteiger partial charge in [-0.25, -0.2) is 19.2 Å². The lowest BCUT2D eigenvalue weighted by Crippen LogP contribution is -2.37. The van der Waals surface area contributed by atoms with Crippen molar-refractivity contribution in [2.75, 3.05) is 42.6 Å². The predicted molar refractivity (Wildman–Crippen MR) is 124 cm³/mol. The van der Waals surface area contributed by atoms with Gasteiger partial charge < -0.3 is 25.8 Å². The molecular weight excluding hydrogens is 427 g/mol. The lowest BCUT2D eigenvalue weighted by molar-refractivity contribution is 0.0941. The third kappa shape index (κ3) is 4.09. The van der Waals surface area contributed by atoms with E-state index in [1.165, 1.54) is 6.20 Å². The zero-order valence-electron chi connectivity index (χ0n) is 18.2. The van der Waals surface area contributed by atoms with Crippen LogP contribution in [0.2, 0.25) is 0 Å². The highest BCUT2D eigenvalue weighted by Gasteiger charge is 2.22. The third-order valence-corrected chi connectivity index (χ3v) is 5.99. The number of nitrogens with two attached hydrogens (primary N) is 1. The summed E-state index contributed by atoms with van der Waals surface area (Å²) in [6, 6.07) is 3.34. The van der Waals surface area contributed by atoms with E-state index in [2.05, 4.69) is 25.9 Å². The Morgan fingerprint density at radius 1 is 1.27 bits per heavy atom. The van der Waals surface area contributed by atoms with Gasteiger partial charge in [0, 0.05) is 42.0 Å². The molecule has 0 unspecified atom stereocenters. The average molecular weight is 452 g/mol. The number of ether oxygens (including phenoxy) is 2. The number of nitrogens with one attached hydrogen (secondary N) is 3. The molecule has 5 rings (SSSR count). The first-order valence-corrected chi connectivity index (χ1v) is 10.9. The van der Waals surface area contributed by atoms with Crippen molar-refractivity contribution in [3.63, 3.8) is 0 Å². The predicted octanol–water partition coefficient (Wildman–Crippen LogP) is 3.43. The summed E-state index contributed by atoms with van der Waals surface area (Å²) in [4.78, 5) is 20.8. The smallest absolute Gasteiger partial charge is 0.413 e. The second kappa shape index (κ2) is 8.70. The van der Waals surface area contributed by atoms with E-state index < -0.39 is 11.9 Å². The SMILES string of the molecule is Cc1c(-c2cc3cc(NC(=O)O[C@@H]4CCCNC4)ncc3c(N)c2F)cnc2c1NCCO2. The monoisotopic (exact) mass is 452 g/mol. The minimum Gasteiger partial charge on any atom is -0.474 e. The maximum absolute atomic E-state index is 15.3. The van der Waals surface area contributed by atoms with Gasteiger partial charge in [-0.15, -0.1) is 0 Å². The molecule has 2 aromatic heterocycles. The summed E-state index contributed by atoms with van der Waals surface area (Å²) >= 11 is 0. The molecule has 0 aliphatic carbocycles. The number of nitrogens with zero attached hydrogens (tertiary/aromatic N) is 2. The number of halogens is 1. The highest BCUT2D eigenvalue weighted by Crippen LogP contribution is 2.39. The Bertz CT molecular complexity index is 1230. The van der Waals surface area contributed by atoms with Crippen LogP contribution in [0.1, 0.15) is 18.4 Å². The number of piperidine rings is 1. The second-order valence-electron chi connectivity index (χ2n) is 8.19. The number of fused-ring (bicyclic) bond motifs is 2. The first-order valence-electron chi connectivity index (χ1n) is 10.9. The molecule has 1 amide bonds. The number of pyridine rings is 2. The minimum atomic E-state index is -0.577. The van der Waals surface area contributed by atoms with Crippen LogP contribution in [0.5, 0.6) is 5.88 Å². The topological polar surface area (TPSA) is 123 Å². The fraction of sp³-hybridized carbons (Fsp3) is 0.348. The molecule has 172 valence electrons. The van der Waals surface area contributed by atoms with E-state index in [4.69, 9.17) is 15.2 Å². The number of carbonyl (C=O) groups excluding carboxylic acids is 1. The van der Waals surface area contributed by atoms with Gasteiger partial charge in [0.2, 0.25) is 5.88 Å². The lowest BCUT2D eigenvalue weighted by atomic mass is 9.97. The molecule has 1 atom stereocenters. The summed E-state index contributed by atoms with van der Waals surface area (Å²) in [6.45, 7) is 4.61. The third-order valence-electron chi connectivity index (χ3n) is 5.99. The van der Waals surface area contributed by atoms with Crippen LogP contribution >= 0.6 is 0 Å². The molecule has 10 heteroatoms. The van der Waals surface area contributed by atoms with Crippen LogP contribution in [-0.4, -0.2) is 48.4 Å². The molecule has 1 fully saturated rings. The van der Waals surface area contributed by atoms with Gasteiger partial charge in [0.15, 0.2) is 5.82 Å². The number of anilines is 3. The van der Waals surface area contributed by atoms with Gasteiger partial charge in [0.05, 0.1) is 5.69 Å². The van der Waals surface area contributed by atoms with Gasteiger partial charge in [0.25, 0.3) is 0 Å². The molecule has 5 N–H and O–H groups in total. The Labute approximate surface area is 189 Å². The van der Waals surface area contributed by atoms with Crippen LogP contribution in [0.4, 0.5) is 26.4 Å². The first kappa shape index (κ1) is 21.2. The quantitative estimate of drug-likeness (QED) is 0.446. The zero-order chi connectivity index (χ0) is 22.9. The van der Waals surface area contributed by atoms with Crippen LogP contribution in [0, 0.1) is 12.7 Å². The van der Waals surface area contributed by atoms with Crippen molar-refractivity contribution in [3.8, 4) is 17.0 Å². The van der Waals surface area contributed by atoms with Gasteiger partial charge in [-0.1, -0.05) is 0 Å².